The molecule has 1 aliphatic heterocycles. The van der Waals surface area contributed by atoms with Gasteiger partial charge in [-0.05, 0) is 50.0 Å². The maximum absolute atomic E-state index is 11.6. The minimum Gasteiger partial charge on any atom is -0.409 e. The van der Waals surface area contributed by atoms with Crippen molar-refractivity contribution in [1.29, 1.82) is 0 Å². The Bertz CT molecular complexity index is 858. The number of benzene rings is 1. The third kappa shape index (κ3) is 3.90. The zero-order chi connectivity index (χ0) is 16.6. The quantitative estimate of drug-likeness (QED) is 0.712. The first-order valence-electron chi connectivity index (χ1n) is 7.08. The first-order chi connectivity index (χ1) is 10.8. The van der Waals surface area contributed by atoms with Crippen LogP contribution in [0, 0.1) is 4.84 Å². The van der Waals surface area contributed by atoms with Gasteiger partial charge in [0.05, 0.1) is 18.2 Å². The van der Waals surface area contributed by atoms with E-state index in [1.54, 1.807) is 4.68 Å². The Kier molecular flexibility index (Phi) is 4.73. The molecule has 1 saturated heterocycles. The lowest BCUT2D eigenvalue weighted by atomic mass is 10.2. The third-order valence-electron chi connectivity index (χ3n) is 3.89. The molecule has 0 aliphatic carbocycles. The Hall–Kier alpha value is -1.03. The van der Waals surface area contributed by atoms with E-state index in [0.717, 1.165) is 10.0 Å². The molecule has 1 fully saturated rings. The fraction of sp³-hybridized carbons (Fsp3) is 0.429. The fourth-order valence-corrected chi connectivity index (χ4v) is 4.80. The maximum Gasteiger partial charge on any atom is 0.288 e. The summed E-state index contributed by atoms with van der Waals surface area (Å²) in [5, 5.41) is 4.40. The van der Waals surface area contributed by atoms with E-state index >= 15 is 0 Å². The monoisotopic (exact) mass is 417 g/mol. The molecular formula is C14H16BrN3O3S2. The first kappa shape index (κ1) is 16.8. The van der Waals surface area contributed by atoms with Crippen molar-refractivity contribution in [1.82, 2.24) is 14.7 Å². The van der Waals surface area contributed by atoms with Crippen molar-refractivity contribution in [2.45, 2.75) is 19.1 Å². The topological polar surface area (TPSA) is 68.3 Å². The van der Waals surface area contributed by atoms with Crippen LogP contribution in [0.3, 0.4) is 0 Å². The molecule has 0 bridgehead atoms. The van der Waals surface area contributed by atoms with Gasteiger partial charge >= 0.3 is 0 Å². The molecule has 0 N–H and O–H groups in total. The Balaban J connectivity index is 1.76. The largest absolute Gasteiger partial charge is 0.409 e. The molecule has 2 aromatic rings. The summed E-state index contributed by atoms with van der Waals surface area (Å²) in [6, 6.07) is 7.59. The molecule has 9 heteroatoms. The Morgan fingerprint density at radius 3 is 2.74 bits per heavy atom. The van der Waals surface area contributed by atoms with E-state index < -0.39 is 9.84 Å². The Labute approximate surface area is 148 Å². The molecule has 0 amide bonds. The van der Waals surface area contributed by atoms with Crippen molar-refractivity contribution in [3.63, 3.8) is 0 Å². The van der Waals surface area contributed by atoms with E-state index in [2.05, 4.69) is 21.0 Å². The summed E-state index contributed by atoms with van der Waals surface area (Å²) < 4.78 is 31.3. The van der Waals surface area contributed by atoms with Gasteiger partial charge in [-0.25, -0.2) is 13.1 Å². The van der Waals surface area contributed by atoms with Crippen LogP contribution in [-0.2, 0) is 16.5 Å². The lowest BCUT2D eigenvalue weighted by Crippen LogP contribution is -2.34. The second-order valence-corrected chi connectivity index (χ2v) is 9.13. The predicted molar refractivity (Wildman–Crippen MR) is 93.3 cm³/mol. The van der Waals surface area contributed by atoms with Crippen LogP contribution >= 0.6 is 28.1 Å². The van der Waals surface area contributed by atoms with E-state index in [1.807, 2.05) is 36.2 Å². The number of hydrogen-bond donors (Lipinski definition) is 0. The van der Waals surface area contributed by atoms with Crippen molar-refractivity contribution < 1.29 is 12.8 Å². The summed E-state index contributed by atoms with van der Waals surface area (Å²) in [4.78, 5) is 2.23. The molecule has 0 spiro atoms. The van der Waals surface area contributed by atoms with Crippen molar-refractivity contribution in [3.05, 3.63) is 33.6 Å². The SMILES string of the molecule is CN(Cn1nc(-c2ccc(Br)cc2)oc1=S)[C@H]1CCS(=O)(=O)C1. The van der Waals surface area contributed by atoms with Crippen LogP contribution in [0.1, 0.15) is 6.42 Å². The Morgan fingerprint density at radius 1 is 1.43 bits per heavy atom. The van der Waals surface area contributed by atoms with Crippen LogP contribution in [0.2, 0.25) is 0 Å². The highest BCUT2D eigenvalue weighted by atomic mass is 79.9. The third-order valence-corrected chi connectivity index (χ3v) is 6.46. The number of halogens is 1. The standard InChI is InChI=1S/C14H16BrN3O3S2/c1-17(12-6-7-23(19,20)8-12)9-18-14(22)21-13(16-18)10-2-4-11(15)5-3-10/h2-5,12H,6-9H2,1H3/t12-/m0/s1. The van der Waals surface area contributed by atoms with E-state index in [4.69, 9.17) is 16.6 Å². The summed E-state index contributed by atoms with van der Waals surface area (Å²) in [6.07, 6.45) is 0.642. The second-order valence-electron chi connectivity index (χ2n) is 5.63. The van der Waals surface area contributed by atoms with Gasteiger partial charge in [0.1, 0.15) is 0 Å². The first-order valence-corrected chi connectivity index (χ1v) is 10.1. The van der Waals surface area contributed by atoms with Gasteiger partial charge in [-0.3, -0.25) is 4.90 Å². The van der Waals surface area contributed by atoms with Gasteiger partial charge in [-0.15, -0.1) is 5.10 Å². The van der Waals surface area contributed by atoms with Crippen LogP contribution in [0.15, 0.2) is 33.2 Å². The molecule has 1 aromatic heterocycles. The lowest BCUT2D eigenvalue weighted by molar-refractivity contribution is 0.194. The van der Waals surface area contributed by atoms with Gasteiger partial charge in [0, 0.05) is 16.1 Å². The van der Waals surface area contributed by atoms with Crippen LogP contribution in [-0.4, -0.2) is 47.7 Å². The molecule has 2 heterocycles. The summed E-state index contributed by atoms with van der Waals surface area (Å²) in [6.45, 7) is 0.402. The second kappa shape index (κ2) is 6.46. The highest BCUT2D eigenvalue weighted by molar-refractivity contribution is 9.10. The average molecular weight is 418 g/mol. The normalized spacial score (nSPS) is 20.2. The minimum absolute atomic E-state index is 0.00488. The van der Waals surface area contributed by atoms with Gasteiger partial charge < -0.3 is 4.42 Å². The van der Waals surface area contributed by atoms with Crippen LogP contribution in [0.5, 0.6) is 0 Å². The number of aromatic nitrogens is 2. The number of rotatable bonds is 4. The van der Waals surface area contributed by atoms with Crippen molar-refractivity contribution in [2.75, 3.05) is 18.6 Å². The zero-order valence-corrected chi connectivity index (χ0v) is 15.7. The molecular weight excluding hydrogens is 402 g/mol. The van der Waals surface area contributed by atoms with Crippen molar-refractivity contribution in [3.8, 4) is 11.5 Å². The van der Waals surface area contributed by atoms with E-state index in [-0.39, 0.29) is 22.4 Å². The highest BCUT2D eigenvalue weighted by Crippen LogP contribution is 2.21. The molecule has 0 unspecified atom stereocenters. The van der Waals surface area contributed by atoms with Crippen LogP contribution in [0.25, 0.3) is 11.5 Å². The van der Waals surface area contributed by atoms with Gasteiger partial charge in [-0.2, -0.15) is 0 Å². The van der Waals surface area contributed by atoms with E-state index in [1.165, 1.54) is 0 Å². The van der Waals surface area contributed by atoms with Crippen molar-refractivity contribution in [2.24, 2.45) is 0 Å². The number of hydrogen-bond acceptors (Lipinski definition) is 6. The summed E-state index contributed by atoms with van der Waals surface area (Å²) in [5.41, 5.74) is 0.837. The minimum atomic E-state index is -2.91. The zero-order valence-electron chi connectivity index (χ0n) is 12.5. The molecule has 124 valence electrons. The van der Waals surface area contributed by atoms with E-state index in [9.17, 15) is 8.42 Å². The van der Waals surface area contributed by atoms with Crippen LogP contribution in [0.4, 0.5) is 0 Å². The van der Waals surface area contributed by atoms with Gasteiger partial charge in [0.25, 0.3) is 4.84 Å². The average Bonchev–Trinajstić information content (AvgIpc) is 3.03. The number of nitrogens with zero attached hydrogens (tertiary/aromatic N) is 3. The van der Waals surface area contributed by atoms with Gasteiger partial charge in [0.2, 0.25) is 5.89 Å². The molecule has 1 atom stereocenters. The lowest BCUT2D eigenvalue weighted by Gasteiger charge is -2.22. The van der Waals surface area contributed by atoms with Gasteiger partial charge in [0.15, 0.2) is 9.84 Å². The molecule has 1 aromatic carbocycles. The molecule has 6 nitrogen and oxygen atoms in total. The Morgan fingerprint density at radius 2 is 2.13 bits per heavy atom. The maximum atomic E-state index is 11.6. The van der Waals surface area contributed by atoms with Crippen LogP contribution < -0.4 is 0 Å². The molecule has 0 saturated carbocycles. The predicted octanol–water partition coefficient (Wildman–Crippen LogP) is 2.71. The molecule has 3 rings (SSSR count). The fourth-order valence-electron chi connectivity index (χ4n) is 2.55. The van der Waals surface area contributed by atoms with Crippen molar-refractivity contribution >= 4 is 38.0 Å². The highest BCUT2D eigenvalue weighted by Gasteiger charge is 2.30. The smallest absolute Gasteiger partial charge is 0.288 e. The summed E-state index contributed by atoms with van der Waals surface area (Å²) in [7, 11) is -1.03. The molecule has 1 aliphatic rings. The number of sulfone groups is 1. The summed E-state index contributed by atoms with van der Waals surface area (Å²) in [5.74, 6) is 0.889. The van der Waals surface area contributed by atoms with E-state index in [0.29, 0.717) is 19.0 Å². The molecule has 23 heavy (non-hydrogen) atoms. The van der Waals surface area contributed by atoms with Gasteiger partial charge in [-0.1, -0.05) is 15.9 Å². The summed E-state index contributed by atoms with van der Waals surface area (Å²) >= 11 is 8.60. The molecule has 0 radical (unpaired) electrons.